The molecule has 14 heavy (non-hydrogen) atoms. The van der Waals surface area contributed by atoms with E-state index < -0.39 is 6.10 Å². The maximum absolute atomic E-state index is 9.64. The zero-order valence-electron chi connectivity index (χ0n) is 8.56. The van der Waals surface area contributed by atoms with Crippen LogP contribution in [0.25, 0.3) is 0 Å². The van der Waals surface area contributed by atoms with E-state index in [9.17, 15) is 10.2 Å². The minimum atomic E-state index is -0.392. The molecule has 3 unspecified atom stereocenters. The maximum atomic E-state index is 9.64. The van der Waals surface area contributed by atoms with E-state index in [1.165, 1.54) is 0 Å². The Hall–Kier alpha value is -0.600. The van der Waals surface area contributed by atoms with Gasteiger partial charge in [-0.05, 0) is 32.1 Å². The molecule has 2 heteroatoms. The van der Waals surface area contributed by atoms with Crippen LogP contribution in [-0.2, 0) is 0 Å². The first-order valence-electron chi connectivity index (χ1n) is 5.35. The van der Waals surface area contributed by atoms with Gasteiger partial charge in [-0.1, -0.05) is 24.3 Å². The summed E-state index contributed by atoms with van der Waals surface area (Å²) in [6, 6.07) is 0. The molecule has 0 bridgehead atoms. The molecule has 1 fully saturated rings. The standard InChI is InChI=1S/C12H18O2/c1-9(13)4-6-12-5-2-3-10(12)7-11(14)8-12/h2,4-6,9-11,13-14H,3,7-8H2,1H3/b6-4+/t9-,10?,11?,12?/m1/s1. The van der Waals surface area contributed by atoms with Crippen LogP contribution in [0.4, 0.5) is 0 Å². The molecule has 2 N–H and O–H groups in total. The first-order chi connectivity index (χ1) is 6.62. The van der Waals surface area contributed by atoms with Gasteiger partial charge in [-0.2, -0.15) is 0 Å². The van der Waals surface area contributed by atoms with E-state index in [-0.39, 0.29) is 11.5 Å². The Kier molecular flexibility index (Phi) is 2.50. The number of allylic oxidation sites excluding steroid dienone is 3. The van der Waals surface area contributed by atoms with Crippen molar-refractivity contribution in [2.45, 2.75) is 38.4 Å². The van der Waals surface area contributed by atoms with Crippen molar-refractivity contribution in [2.24, 2.45) is 11.3 Å². The van der Waals surface area contributed by atoms with Gasteiger partial charge in [-0.3, -0.25) is 0 Å². The summed E-state index contributed by atoms with van der Waals surface area (Å²) in [5.74, 6) is 0.549. The highest BCUT2D eigenvalue weighted by atomic mass is 16.3. The van der Waals surface area contributed by atoms with Crippen molar-refractivity contribution < 1.29 is 10.2 Å². The van der Waals surface area contributed by atoms with Crippen LogP contribution in [0, 0.1) is 11.3 Å². The Morgan fingerprint density at radius 2 is 2.36 bits per heavy atom. The summed E-state index contributed by atoms with van der Waals surface area (Å²) in [5, 5.41) is 18.9. The molecule has 0 aromatic carbocycles. The molecule has 1 saturated carbocycles. The third kappa shape index (κ3) is 1.64. The normalized spacial score (nSPS) is 43.4. The van der Waals surface area contributed by atoms with Crippen LogP contribution in [0.5, 0.6) is 0 Å². The smallest absolute Gasteiger partial charge is 0.0693 e. The first kappa shape index (κ1) is 9.94. The van der Waals surface area contributed by atoms with Gasteiger partial charge in [-0.25, -0.2) is 0 Å². The lowest BCUT2D eigenvalue weighted by Crippen LogP contribution is -2.17. The second-order valence-electron chi connectivity index (χ2n) is 4.64. The molecule has 0 heterocycles. The Balaban J connectivity index is 2.16. The van der Waals surface area contributed by atoms with Gasteiger partial charge in [0.2, 0.25) is 0 Å². The topological polar surface area (TPSA) is 40.5 Å². The van der Waals surface area contributed by atoms with E-state index in [2.05, 4.69) is 18.2 Å². The van der Waals surface area contributed by atoms with Crippen LogP contribution in [0.3, 0.4) is 0 Å². The Bertz CT molecular complexity index is 267. The van der Waals surface area contributed by atoms with E-state index in [1.807, 2.05) is 6.08 Å². The molecule has 2 rings (SSSR count). The van der Waals surface area contributed by atoms with Gasteiger partial charge in [0.05, 0.1) is 12.2 Å². The zero-order chi connectivity index (χ0) is 10.2. The highest BCUT2D eigenvalue weighted by Crippen LogP contribution is 2.51. The van der Waals surface area contributed by atoms with E-state index in [1.54, 1.807) is 6.92 Å². The molecule has 2 aliphatic rings. The van der Waals surface area contributed by atoms with Gasteiger partial charge in [0.15, 0.2) is 0 Å². The molecule has 2 nitrogen and oxygen atoms in total. The lowest BCUT2D eigenvalue weighted by molar-refractivity contribution is 0.173. The zero-order valence-corrected chi connectivity index (χ0v) is 8.56. The van der Waals surface area contributed by atoms with Crippen molar-refractivity contribution in [1.29, 1.82) is 0 Å². The highest BCUT2D eigenvalue weighted by molar-refractivity contribution is 5.23. The number of fused-ring (bicyclic) bond motifs is 1. The van der Waals surface area contributed by atoms with E-state index in [0.29, 0.717) is 5.92 Å². The third-order valence-corrected chi connectivity index (χ3v) is 3.44. The molecular weight excluding hydrogens is 176 g/mol. The van der Waals surface area contributed by atoms with Crippen molar-refractivity contribution in [3.63, 3.8) is 0 Å². The SMILES string of the molecule is C[C@@H](O)/C=C/C12C=CCC1CC(O)C2. The minimum absolute atomic E-state index is 0.0381. The van der Waals surface area contributed by atoms with Crippen LogP contribution in [0.2, 0.25) is 0 Å². The average molecular weight is 194 g/mol. The van der Waals surface area contributed by atoms with Gasteiger partial charge < -0.3 is 10.2 Å². The summed E-state index contributed by atoms with van der Waals surface area (Å²) in [4.78, 5) is 0. The summed E-state index contributed by atoms with van der Waals surface area (Å²) in [5.41, 5.74) is 0.0381. The van der Waals surface area contributed by atoms with Crippen molar-refractivity contribution in [2.75, 3.05) is 0 Å². The van der Waals surface area contributed by atoms with E-state index in [4.69, 9.17) is 0 Å². The fourth-order valence-corrected chi connectivity index (χ4v) is 2.76. The molecule has 0 aliphatic heterocycles. The number of hydrogen-bond donors (Lipinski definition) is 2. The van der Waals surface area contributed by atoms with Crippen LogP contribution in [-0.4, -0.2) is 22.4 Å². The second kappa shape index (κ2) is 3.52. The molecule has 0 amide bonds. The van der Waals surface area contributed by atoms with Gasteiger partial charge >= 0.3 is 0 Å². The van der Waals surface area contributed by atoms with E-state index in [0.717, 1.165) is 19.3 Å². The fraction of sp³-hybridized carbons (Fsp3) is 0.667. The molecule has 0 aromatic heterocycles. The van der Waals surface area contributed by atoms with Gasteiger partial charge in [-0.15, -0.1) is 0 Å². The monoisotopic (exact) mass is 194 g/mol. The number of aliphatic hydroxyl groups is 2. The van der Waals surface area contributed by atoms with Crippen LogP contribution < -0.4 is 0 Å². The Labute approximate surface area is 85.0 Å². The van der Waals surface area contributed by atoms with Gasteiger partial charge in [0.1, 0.15) is 0 Å². The molecule has 0 aromatic rings. The molecule has 78 valence electrons. The molecule has 2 aliphatic carbocycles. The van der Waals surface area contributed by atoms with Crippen molar-refractivity contribution in [3.05, 3.63) is 24.3 Å². The number of aliphatic hydroxyl groups excluding tert-OH is 2. The summed E-state index contributed by atoms with van der Waals surface area (Å²) < 4.78 is 0. The summed E-state index contributed by atoms with van der Waals surface area (Å²) >= 11 is 0. The average Bonchev–Trinajstić information content (AvgIpc) is 2.56. The van der Waals surface area contributed by atoms with Gasteiger partial charge in [0.25, 0.3) is 0 Å². The molecule has 0 saturated heterocycles. The fourth-order valence-electron chi connectivity index (χ4n) is 2.76. The number of rotatable bonds is 2. The van der Waals surface area contributed by atoms with Gasteiger partial charge in [0, 0.05) is 5.41 Å². The second-order valence-corrected chi connectivity index (χ2v) is 4.64. The van der Waals surface area contributed by atoms with Crippen molar-refractivity contribution in [3.8, 4) is 0 Å². The summed E-state index contributed by atoms with van der Waals surface area (Å²) in [6.45, 7) is 1.76. The molecule has 0 spiro atoms. The minimum Gasteiger partial charge on any atom is -0.393 e. The lowest BCUT2D eigenvalue weighted by Gasteiger charge is -2.23. The Morgan fingerprint density at radius 3 is 3.07 bits per heavy atom. The van der Waals surface area contributed by atoms with Crippen LogP contribution in [0.15, 0.2) is 24.3 Å². The predicted octanol–water partition coefficient (Wildman–Crippen LogP) is 1.64. The molecular formula is C12H18O2. The van der Waals surface area contributed by atoms with Crippen LogP contribution in [0.1, 0.15) is 26.2 Å². The summed E-state index contributed by atoms with van der Waals surface area (Å²) in [7, 11) is 0. The first-order valence-corrected chi connectivity index (χ1v) is 5.35. The maximum Gasteiger partial charge on any atom is 0.0693 e. The molecule has 0 radical (unpaired) electrons. The molecule has 4 atom stereocenters. The summed E-state index contributed by atoms with van der Waals surface area (Å²) in [6.07, 6.45) is 10.6. The third-order valence-electron chi connectivity index (χ3n) is 3.44. The highest BCUT2D eigenvalue weighted by Gasteiger charge is 2.45. The van der Waals surface area contributed by atoms with E-state index >= 15 is 0 Å². The van der Waals surface area contributed by atoms with Crippen LogP contribution >= 0.6 is 0 Å². The quantitative estimate of drug-likeness (QED) is 0.656. The largest absolute Gasteiger partial charge is 0.393 e. The lowest BCUT2D eigenvalue weighted by atomic mass is 9.80. The predicted molar refractivity (Wildman–Crippen MR) is 55.7 cm³/mol. The van der Waals surface area contributed by atoms with Crippen molar-refractivity contribution >= 4 is 0 Å². The number of hydrogen-bond acceptors (Lipinski definition) is 2. The Morgan fingerprint density at radius 1 is 1.57 bits per heavy atom. The van der Waals surface area contributed by atoms with Crippen molar-refractivity contribution in [1.82, 2.24) is 0 Å².